The number of hydrogen-bond acceptors (Lipinski definition) is 7. The fourth-order valence-corrected chi connectivity index (χ4v) is 5.34. The van der Waals surface area contributed by atoms with Gasteiger partial charge in [-0.2, -0.15) is 18.4 Å². The molecule has 2 aromatic carbocycles. The molecule has 0 unspecified atom stereocenters. The zero-order valence-electron chi connectivity index (χ0n) is 21.0. The van der Waals surface area contributed by atoms with E-state index in [1.54, 1.807) is 0 Å². The number of carbonyl (C=O) groups excluding carboxylic acids is 3. The Balaban J connectivity index is 2.36. The maximum atomic E-state index is 15.5. The van der Waals surface area contributed by atoms with Gasteiger partial charge in [0, 0.05) is 22.5 Å². The smallest absolute Gasteiger partial charge is 0.469 e. The van der Waals surface area contributed by atoms with Crippen molar-refractivity contribution in [2.24, 2.45) is 5.41 Å². The molecule has 214 valence electrons. The summed E-state index contributed by atoms with van der Waals surface area (Å²) in [6.07, 6.45) is -5.93. The van der Waals surface area contributed by atoms with Gasteiger partial charge in [-0.05, 0) is 44.0 Å². The summed E-state index contributed by atoms with van der Waals surface area (Å²) in [5.74, 6) is -9.50. The molecule has 0 saturated carbocycles. The molecule has 1 aliphatic rings. The molecule has 14 heteroatoms. The summed E-state index contributed by atoms with van der Waals surface area (Å²) in [6.45, 7) is 2.82. The van der Waals surface area contributed by atoms with Crippen molar-refractivity contribution in [1.82, 2.24) is 5.32 Å². The molecular weight excluding hydrogens is 586 g/mol. The first-order chi connectivity index (χ1) is 18.5. The third-order valence-corrected chi connectivity index (χ3v) is 7.29. The molecule has 40 heavy (non-hydrogen) atoms. The van der Waals surface area contributed by atoms with Gasteiger partial charge in [-0.3, -0.25) is 10.1 Å². The molecule has 1 aliphatic heterocycles. The molecule has 3 rings (SSSR count). The van der Waals surface area contributed by atoms with Crippen molar-refractivity contribution in [3.05, 3.63) is 69.2 Å². The summed E-state index contributed by atoms with van der Waals surface area (Å²) < 4.78 is 78.7. The van der Waals surface area contributed by atoms with Crippen molar-refractivity contribution in [2.45, 2.75) is 49.9 Å². The summed E-state index contributed by atoms with van der Waals surface area (Å²) in [5.41, 5.74) is -4.60. The van der Waals surface area contributed by atoms with Crippen LogP contribution in [0.5, 0.6) is 0 Å². The van der Waals surface area contributed by atoms with E-state index in [1.807, 2.05) is 6.07 Å². The predicted molar refractivity (Wildman–Crippen MR) is 131 cm³/mol. The van der Waals surface area contributed by atoms with E-state index in [1.165, 1.54) is 26.0 Å². The van der Waals surface area contributed by atoms with Crippen molar-refractivity contribution in [1.29, 1.82) is 5.26 Å². The number of methoxy groups -OCH3 is 1. The zero-order valence-corrected chi connectivity index (χ0v) is 22.5. The lowest BCUT2D eigenvalue weighted by Gasteiger charge is -2.37. The van der Waals surface area contributed by atoms with E-state index >= 15 is 8.78 Å². The van der Waals surface area contributed by atoms with Crippen molar-refractivity contribution in [3.8, 4) is 6.07 Å². The first-order valence-corrected chi connectivity index (χ1v) is 12.2. The predicted octanol–water partition coefficient (Wildman–Crippen LogP) is 5.38. The van der Waals surface area contributed by atoms with Crippen LogP contribution in [0.2, 0.25) is 10.0 Å². The summed E-state index contributed by atoms with van der Waals surface area (Å²) in [7, 11) is 1.09. The monoisotopic (exact) mass is 606 g/mol. The number of halogens is 7. The number of rotatable bonds is 6. The largest absolute Gasteiger partial charge is 0.491 e. The van der Waals surface area contributed by atoms with Gasteiger partial charge < -0.3 is 9.47 Å². The average Bonchev–Trinajstić information content (AvgIpc) is 3.18. The van der Waals surface area contributed by atoms with Crippen molar-refractivity contribution >= 4 is 41.1 Å². The minimum Gasteiger partial charge on any atom is -0.469 e. The molecule has 1 saturated heterocycles. The molecule has 0 bridgehead atoms. The molecular formula is C26H21Cl2F5N2O5. The van der Waals surface area contributed by atoms with Gasteiger partial charge >= 0.3 is 24.1 Å². The Kier molecular flexibility index (Phi) is 8.84. The highest BCUT2D eigenvalue weighted by Crippen LogP contribution is 2.53. The van der Waals surface area contributed by atoms with Crippen LogP contribution in [0.3, 0.4) is 0 Å². The number of nitrogens with zero attached hydrogens (tertiary/aromatic N) is 1. The number of nitrogens with one attached hydrogen (secondary N) is 1. The van der Waals surface area contributed by atoms with Crippen LogP contribution in [-0.2, 0) is 29.3 Å². The first kappa shape index (κ1) is 31.3. The highest BCUT2D eigenvalue weighted by Gasteiger charge is 2.63. The normalized spacial score (nSPS) is 22.9. The van der Waals surface area contributed by atoms with Crippen molar-refractivity contribution < 1.29 is 45.8 Å². The summed E-state index contributed by atoms with van der Waals surface area (Å²) in [6, 6.07) is 5.13. The van der Waals surface area contributed by atoms with E-state index < -0.39 is 80.7 Å². The maximum Gasteiger partial charge on any atom is 0.491 e. The molecule has 1 N–H and O–H groups in total. The second kappa shape index (κ2) is 11.3. The highest BCUT2D eigenvalue weighted by atomic mass is 35.5. The van der Waals surface area contributed by atoms with Crippen LogP contribution in [-0.4, -0.2) is 43.3 Å². The van der Waals surface area contributed by atoms with E-state index in [4.69, 9.17) is 27.9 Å². The Morgan fingerprint density at radius 3 is 2.30 bits per heavy atom. The zero-order chi connectivity index (χ0) is 30.2. The lowest BCUT2D eigenvalue weighted by atomic mass is 9.62. The Hall–Kier alpha value is -3.27. The van der Waals surface area contributed by atoms with Crippen molar-refractivity contribution in [2.75, 3.05) is 7.11 Å². The molecule has 0 aliphatic carbocycles. The minimum atomic E-state index is -5.56. The lowest BCUT2D eigenvalue weighted by molar-refractivity contribution is -0.202. The maximum absolute atomic E-state index is 15.5. The van der Waals surface area contributed by atoms with E-state index in [0.29, 0.717) is 0 Å². The second-order valence-electron chi connectivity index (χ2n) is 9.71. The second-order valence-corrected chi connectivity index (χ2v) is 10.6. The van der Waals surface area contributed by atoms with E-state index in [9.17, 15) is 32.8 Å². The Labute approximate surface area is 235 Å². The summed E-state index contributed by atoms with van der Waals surface area (Å²) in [4.78, 5) is 37.1. The first-order valence-electron chi connectivity index (χ1n) is 11.5. The summed E-state index contributed by atoms with van der Waals surface area (Å²) in [5, 5.41) is 12.7. The molecule has 0 aromatic heterocycles. The molecule has 0 radical (unpaired) electrons. The van der Waals surface area contributed by atoms with Crippen LogP contribution in [0.1, 0.15) is 37.3 Å². The van der Waals surface area contributed by atoms with E-state index in [0.717, 1.165) is 31.4 Å². The Morgan fingerprint density at radius 1 is 1.10 bits per heavy atom. The van der Waals surface area contributed by atoms with Gasteiger partial charge in [-0.15, -0.1) is 0 Å². The molecule has 1 fully saturated rings. The van der Waals surface area contributed by atoms with Crippen LogP contribution in [0.4, 0.5) is 22.0 Å². The quantitative estimate of drug-likeness (QED) is 0.267. The lowest BCUT2D eigenvalue weighted by Crippen LogP contribution is -2.46. The van der Waals surface area contributed by atoms with Gasteiger partial charge in [0.2, 0.25) is 0 Å². The molecule has 7 nitrogen and oxygen atoms in total. The van der Waals surface area contributed by atoms with Crippen LogP contribution < -0.4 is 5.32 Å². The van der Waals surface area contributed by atoms with Crippen LogP contribution in [0.25, 0.3) is 0 Å². The number of esters is 3. The Bertz CT molecular complexity index is 1390. The van der Waals surface area contributed by atoms with Crippen LogP contribution in [0, 0.1) is 28.4 Å². The number of benzene rings is 2. The number of ether oxygens (including phenoxy) is 2. The highest BCUT2D eigenvalue weighted by molar-refractivity contribution is 6.31. The van der Waals surface area contributed by atoms with Gasteiger partial charge in [-0.1, -0.05) is 41.4 Å². The molecule has 0 amide bonds. The molecule has 2 aromatic rings. The number of carbonyl (C=O) groups is 3. The molecule has 1 heterocycles. The SMILES string of the molecule is COC(=O)C(C)(C)C[C@@H]1N[C@@H](C(=O)OC(=O)C(F)(F)F)[C@H](c2cccc(Cl)c2F)[C@@]1(C#N)c1ccc(Cl)cc1F. The Morgan fingerprint density at radius 2 is 1.75 bits per heavy atom. The fraction of sp³-hybridized carbons (Fsp3) is 0.385. The van der Waals surface area contributed by atoms with Crippen molar-refractivity contribution in [3.63, 3.8) is 0 Å². The van der Waals surface area contributed by atoms with Crippen LogP contribution in [0.15, 0.2) is 36.4 Å². The van der Waals surface area contributed by atoms with Crippen LogP contribution >= 0.6 is 23.2 Å². The van der Waals surface area contributed by atoms with E-state index in [-0.39, 0.29) is 11.4 Å². The number of nitriles is 1. The van der Waals surface area contributed by atoms with Gasteiger partial charge in [0.1, 0.15) is 23.1 Å². The van der Waals surface area contributed by atoms with E-state index in [2.05, 4.69) is 10.1 Å². The molecule has 0 spiro atoms. The third kappa shape index (κ3) is 5.64. The van der Waals surface area contributed by atoms with Gasteiger partial charge in [-0.25, -0.2) is 18.4 Å². The third-order valence-electron chi connectivity index (χ3n) is 6.76. The summed E-state index contributed by atoms with van der Waals surface area (Å²) >= 11 is 11.8. The van der Waals surface area contributed by atoms with Gasteiger partial charge in [0.25, 0.3) is 0 Å². The van der Waals surface area contributed by atoms with Gasteiger partial charge in [0.05, 0.1) is 23.6 Å². The fourth-order valence-electron chi connectivity index (χ4n) is 5.00. The number of hydrogen-bond donors (Lipinski definition) is 1. The average molecular weight is 607 g/mol. The topological polar surface area (TPSA) is 105 Å². The number of alkyl halides is 3. The standard InChI is InChI=1S/C26H21Cl2F5N2O5/c1-24(2,22(37)39-3)10-17-25(11-34,14-8-7-12(27)9-16(14)29)18(13-5-4-6-15(28)19(13)30)20(35-17)21(36)40-23(38)26(31,32)33/h4-9,17-18,20,35H,10H2,1-3H3/t17-,18-,20+,25-/m0/s1. The van der Waals surface area contributed by atoms with Gasteiger partial charge in [0.15, 0.2) is 0 Å². The molecule has 4 atom stereocenters. The minimum absolute atomic E-state index is 0.0797.